The van der Waals surface area contributed by atoms with Crippen LogP contribution in [-0.2, 0) is 9.53 Å². The largest absolute Gasteiger partial charge is 0.487 e. The Kier molecular flexibility index (Phi) is 3.91. The minimum atomic E-state index is -1.06. The summed E-state index contributed by atoms with van der Waals surface area (Å²) in [7, 11) is 0. The van der Waals surface area contributed by atoms with Crippen molar-refractivity contribution in [3.8, 4) is 6.07 Å². The first-order chi connectivity index (χ1) is 11.7. The van der Waals surface area contributed by atoms with Crippen LogP contribution < -0.4 is 0 Å². The number of hydrogen-bond acceptors (Lipinski definition) is 6. The van der Waals surface area contributed by atoms with Gasteiger partial charge in [-0.25, -0.2) is 0 Å². The number of nitriles is 1. The molecule has 25 heavy (non-hydrogen) atoms. The molecule has 0 aromatic heterocycles. The SMILES string of the molecule is CC1(C)CC(=O)C2=C(C1)O[C@@H](c1ccccc1[N+](=O)[O-])C(C#N)C2=N. The molecule has 2 aliphatic rings. The number of hydrogen-bond donors (Lipinski definition) is 1. The minimum absolute atomic E-state index is 0.104. The Bertz CT molecular complexity index is 863. The van der Waals surface area contributed by atoms with Crippen molar-refractivity contribution in [1.29, 1.82) is 10.7 Å². The number of rotatable bonds is 2. The van der Waals surface area contributed by atoms with Gasteiger partial charge < -0.3 is 10.1 Å². The summed E-state index contributed by atoms with van der Waals surface area (Å²) < 4.78 is 5.94. The van der Waals surface area contributed by atoms with Gasteiger partial charge in [-0.05, 0) is 11.5 Å². The van der Waals surface area contributed by atoms with Crippen LogP contribution in [0.1, 0.15) is 38.4 Å². The molecule has 0 spiro atoms. The van der Waals surface area contributed by atoms with Crippen LogP contribution in [0.15, 0.2) is 35.6 Å². The Labute approximate surface area is 144 Å². The lowest BCUT2D eigenvalue weighted by molar-refractivity contribution is -0.386. The van der Waals surface area contributed by atoms with Crippen LogP contribution in [0.3, 0.4) is 0 Å². The van der Waals surface area contributed by atoms with E-state index < -0.39 is 16.9 Å². The molecule has 0 radical (unpaired) electrons. The van der Waals surface area contributed by atoms with E-state index in [9.17, 15) is 20.2 Å². The molecule has 3 rings (SSSR count). The smallest absolute Gasteiger partial charge is 0.276 e. The number of ether oxygens (including phenoxy) is 1. The maximum absolute atomic E-state index is 12.4. The van der Waals surface area contributed by atoms with Gasteiger partial charge in [-0.3, -0.25) is 14.9 Å². The van der Waals surface area contributed by atoms with Crippen molar-refractivity contribution in [3.63, 3.8) is 0 Å². The van der Waals surface area contributed by atoms with Gasteiger partial charge in [0, 0.05) is 18.9 Å². The molecule has 1 aromatic rings. The standard InChI is InChI=1S/C18H17N3O4/c1-18(2)7-13(22)15-14(8-18)25-17(11(9-19)16(15)20)10-5-3-4-6-12(10)21(23)24/h3-6,11,17,20H,7-8H2,1-2H3/t11?,17-/m0/s1. The minimum Gasteiger partial charge on any atom is -0.487 e. The lowest BCUT2D eigenvalue weighted by Gasteiger charge is -2.38. The van der Waals surface area contributed by atoms with Gasteiger partial charge in [0.25, 0.3) is 5.69 Å². The number of ketones is 1. The van der Waals surface area contributed by atoms with Crippen LogP contribution >= 0.6 is 0 Å². The number of allylic oxidation sites excluding steroid dienone is 2. The molecule has 1 heterocycles. The van der Waals surface area contributed by atoms with Crippen molar-refractivity contribution in [2.45, 2.75) is 32.8 Å². The van der Waals surface area contributed by atoms with E-state index in [4.69, 9.17) is 10.1 Å². The Morgan fingerprint density at radius 3 is 2.68 bits per heavy atom. The molecular formula is C18H17N3O4. The lowest BCUT2D eigenvalue weighted by Crippen LogP contribution is -2.38. The van der Waals surface area contributed by atoms with Gasteiger partial charge in [0.05, 0.1) is 27.8 Å². The van der Waals surface area contributed by atoms with E-state index in [2.05, 4.69) is 0 Å². The first-order valence-electron chi connectivity index (χ1n) is 7.90. The normalized spacial score (nSPS) is 25.0. The van der Waals surface area contributed by atoms with E-state index in [1.807, 2.05) is 19.9 Å². The molecule has 0 fully saturated rings. The first-order valence-corrected chi connectivity index (χ1v) is 7.90. The number of carbonyl (C=O) groups is 1. The summed E-state index contributed by atoms with van der Waals surface area (Å²) in [6, 6.07) is 8.02. The molecule has 128 valence electrons. The zero-order valence-corrected chi connectivity index (χ0v) is 13.9. The molecule has 0 saturated heterocycles. The van der Waals surface area contributed by atoms with Gasteiger partial charge in [-0.2, -0.15) is 5.26 Å². The second-order valence-corrected chi connectivity index (χ2v) is 7.11. The Morgan fingerprint density at radius 1 is 1.36 bits per heavy atom. The van der Waals surface area contributed by atoms with Gasteiger partial charge >= 0.3 is 0 Å². The molecule has 1 aromatic carbocycles. The molecule has 1 aliphatic heterocycles. The number of benzene rings is 1. The van der Waals surface area contributed by atoms with Gasteiger partial charge in [0.1, 0.15) is 11.7 Å². The molecule has 1 N–H and O–H groups in total. The van der Waals surface area contributed by atoms with E-state index in [0.717, 1.165) is 0 Å². The maximum Gasteiger partial charge on any atom is 0.276 e. The van der Waals surface area contributed by atoms with Crippen molar-refractivity contribution in [3.05, 3.63) is 51.3 Å². The highest BCUT2D eigenvalue weighted by Crippen LogP contribution is 2.46. The van der Waals surface area contributed by atoms with Gasteiger partial charge in [0.15, 0.2) is 11.9 Å². The molecule has 2 atom stereocenters. The van der Waals surface area contributed by atoms with Crippen LogP contribution in [-0.4, -0.2) is 16.4 Å². The summed E-state index contributed by atoms with van der Waals surface area (Å²) in [5.74, 6) is -0.913. The molecule has 0 saturated carbocycles. The highest BCUT2D eigenvalue weighted by atomic mass is 16.6. The molecule has 1 aliphatic carbocycles. The number of Topliss-reactive ketones (excluding diaryl/α,β-unsaturated/α-hetero) is 1. The third-order valence-corrected chi connectivity index (χ3v) is 4.57. The molecule has 0 amide bonds. The van der Waals surface area contributed by atoms with Crippen molar-refractivity contribution in [2.75, 3.05) is 0 Å². The number of carbonyl (C=O) groups excluding carboxylic acids is 1. The quantitative estimate of drug-likeness (QED) is 0.654. The molecular weight excluding hydrogens is 322 g/mol. The van der Waals surface area contributed by atoms with Crippen molar-refractivity contribution in [1.82, 2.24) is 0 Å². The van der Waals surface area contributed by atoms with Gasteiger partial charge in [-0.1, -0.05) is 26.0 Å². The summed E-state index contributed by atoms with van der Waals surface area (Å²) >= 11 is 0. The Morgan fingerprint density at radius 2 is 2.04 bits per heavy atom. The monoisotopic (exact) mass is 339 g/mol. The number of nitrogens with zero attached hydrogens (tertiary/aromatic N) is 2. The van der Waals surface area contributed by atoms with Crippen molar-refractivity contribution in [2.24, 2.45) is 11.3 Å². The fourth-order valence-corrected chi connectivity index (χ4v) is 3.46. The highest BCUT2D eigenvalue weighted by molar-refractivity contribution is 6.24. The van der Waals surface area contributed by atoms with Crippen LogP contribution in [0.25, 0.3) is 0 Å². The highest BCUT2D eigenvalue weighted by Gasteiger charge is 2.46. The van der Waals surface area contributed by atoms with Crippen molar-refractivity contribution >= 4 is 17.2 Å². The Hall–Kier alpha value is -3.01. The third-order valence-electron chi connectivity index (χ3n) is 4.57. The summed E-state index contributed by atoms with van der Waals surface area (Å²) in [4.78, 5) is 23.2. The van der Waals surface area contributed by atoms with E-state index in [1.54, 1.807) is 6.07 Å². The average molecular weight is 339 g/mol. The van der Waals surface area contributed by atoms with Crippen LogP contribution in [0.2, 0.25) is 0 Å². The summed E-state index contributed by atoms with van der Waals surface area (Å²) in [5.41, 5.74) is -0.173. The summed E-state index contributed by atoms with van der Waals surface area (Å²) in [5, 5.41) is 29.2. The van der Waals surface area contributed by atoms with E-state index in [-0.39, 0.29) is 40.2 Å². The zero-order chi connectivity index (χ0) is 18.4. The molecule has 7 nitrogen and oxygen atoms in total. The number of nitro groups is 1. The predicted molar refractivity (Wildman–Crippen MR) is 88.8 cm³/mol. The summed E-state index contributed by atoms with van der Waals surface area (Å²) in [6.45, 7) is 3.86. The van der Waals surface area contributed by atoms with Crippen LogP contribution in [0, 0.1) is 38.2 Å². The van der Waals surface area contributed by atoms with Crippen LogP contribution in [0.4, 0.5) is 5.69 Å². The third kappa shape index (κ3) is 2.80. The average Bonchev–Trinajstić information content (AvgIpc) is 2.52. The number of nitro benzene ring substituents is 1. The van der Waals surface area contributed by atoms with Gasteiger partial charge in [0.2, 0.25) is 0 Å². The second kappa shape index (κ2) is 5.81. The molecule has 0 bridgehead atoms. The predicted octanol–water partition coefficient (Wildman–Crippen LogP) is 3.47. The topological polar surface area (TPSA) is 117 Å². The van der Waals surface area contributed by atoms with E-state index >= 15 is 0 Å². The van der Waals surface area contributed by atoms with Crippen LogP contribution in [0.5, 0.6) is 0 Å². The zero-order valence-electron chi connectivity index (χ0n) is 13.9. The maximum atomic E-state index is 12.4. The second-order valence-electron chi connectivity index (χ2n) is 7.11. The Balaban J connectivity index is 2.12. The fourth-order valence-electron chi connectivity index (χ4n) is 3.46. The number of nitrogens with one attached hydrogen (secondary N) is 1. The van der Waals surface area contributed by atoms with E-state index in [0.29, 0.717) is 12.2 Å². The van der Waals surface area contributed by atoms with Crippen molar-refractivity contribution < 1.29 is 14.5 Å². The fraction of sp³-hybridized carbons (Fsp3) is 0.389. The lowest BCUT2D eigenvalue weighted by atomic mass is 9.72. The van der Waals surface area contributed by atoms with E-state index in [1.165, 1.54) is 18.2 Å². The molecule has 7 heteroatoms. The number of para-hydroxylation sites is 1. The van der Waals surface area contributed by atoms with Gasteiger partial charge in [-0.15, -0.1) is 0 Å². The summed E-state index contributed by atoms with van der Waals surface area (Å²) in [6.07, 6.45) is -0.239. The first kappa shape index (κ1) is 16.8. The molecule has 1 unspecified atom stereocenters.